The minimum absolute atomic E-state index is 0.0930. The maximum absolute atomic E-state index is 14.3. The molecule has 24 heavy (non-hydrogen) atoms. The first-order valence-electron chi connectivity index (χ1n) is 6.91. The van der Waals surface area contributed by atoms with Crippen molar-refractivity contribution < 1.29 is 23.8 Å². The number of ether oxygens (including phenoxy) is 2. The Bertz CT molecular complexity index is 784. The van der Waals surface area contributed by atoms with Crippen LogP contribution in [0.5, 0.6) is 11.5 Å². The molecule has 2 N–H and O–H groups in total. The van der Waals surface area contributed by atoms with Gasteiger partial charge in [0.05, 0.1) is 25.9 Å². The summed E-state index contributed by atoms with van der Waals surface area (Å²) in [6.45, 7) is 0. The minimum Gasteiger partial charge on any atom is -0.493 e. The molecule has 2 aromatic carbocycles. The van der Waals surface area contributed by atoms with Crippen molar-refractivity contribution in [2.45, 2.75) is 6.04 Å². The van der Waals surface area contributed by atoms with Crippen molar-refractivity contribution in [1.29, 1.82) is 5.26 Å². The van der Waals surface area contributed by atoms with Crippen LogP contribution in [0, 0.1) is 17.1 Å². The summed E-state index contributed by atoms with van der Waals surface area (Å²) in [6, 6.07) is 9.15. The second-order valence-electron chi connectivity index (χ2n) is 4.83. The Hall–Kier alpha value is -3.27. The predicted molar refractivity (Wildman–Crippen MR) is 84.7 cm³/mol. The van der Waals surface area contributed by atoms with Crippen LogP contribution < -0.4 is 14.8 Å². The van der Waals surface area contributed by atoms with E-state index in [9.17, 15) is 14.3 Å². The number of nitrogens with one attached hydrogen (secondary N) is 1. The molecule has 0 fully saturated rings. The van der Waals surface area contributed by atoms with E-state index in [1.165, 1.54) is 32.4 Å². The first kappa shape index (κ1) is 17.1. The van der Waals surface area contributed by atoms with Crippen LogP contribution in [0.25, 0.3) is 0 Å². The lowest BCUT2D eigenvalue weighted by Gasteiger charge is -2.18. The Labute approximate surface area is 138 Å². The number of rotatable bonds is 6. The predicted octanol–water partition coefficient (Wildman–Crippen LogP) is 2.95. The van der Waals surface area contributed by atoms with Crippen molar-refractivity contribution in [2.24, 2.45) is 0 Å². The van der Waals surface area contributed by atoms with Crippen molar-refractivity contribution in [2.75, 3.05) is 19.5 Å². The van der Waals surface area contributed by atoms with Gasteiger partial charge >= 0.3 is 5.97 Å². The topological polar surface area (TPSA) is 91.6 Å². The number of hydrogen-bond acceptors (Lipinski definition) is 5. The van der Waals surface area contributed by atoms with E-state index >= 15 is 0 Å². The van der Waals surface area contributed by atoms with Crippen LogP contribution in [0.1, 0.15) is 17.2 Å². The molecule has 0 saturated heterocycles. The van der Waals surface area contributed by atoms with Gasteiger partial charge in [0, 0.05) is 17.3 Å². The zero-order valence-corrected chi connectivity index (χ0v) is 13.0. The SMILES string of the molecule is COc1cc(F)c(C(Nc2ccc(C#N)cc2)C(=O)O)cc1OC. The largest absolute Gasteiger partial charge is 0.493 e. The maximum atomic E-state index is 14.3. The molecule has 0 radical (unpaired) electrons. The van der Waals surface area contributed by atoms with Gasteiger partial charge in [-0.3, -0.25) is 0 Å². The van der Waals surface area contributed by atoms with E-state index in [1.807, 2.05) is 6.07 Å². The van der Waals surface area contributed by atoms with Crippen LogP contribution in [0.2, 0.25) is 0 Å². The van der Waals surface area contributed by atoms with Gasteiger partial charge < -0.3 is 19.9 Å². The molecule has 2 rings (SSSR count). The van der Waals surface area contributed by atoms with Crippen LogP contribution in [-0.4, -0.2) is 25.3 Å². The van der Waals surface area contributed by atoms with E-state index in [4.69, 9.17) is 14.7 Å². The van der Waals surface area contributed by atoms with Crippen molar-refractivity contribution in [3.05, 3.63) is 53.3 Å². The molecule has 124 valence electrons. The fraction of sp³-hybridized carbons (Fsp3) is 0.176. The summed E-state index contributed by atoms with van der Waals surface area (Å²) < 4.78 is 24.4. The van der Waals surface area contributed by atoms with Crippen molar-refractivity contribution >= 4 is 11.7 Å². The van der Waals surface area contributed by atoms with Crippen LogP contribution in [0.15, 0.2) is 36.4 Å². The Morgan fingerprint density at radius 1 is 1.21 bits per heavy atom. The Balaban J connectivity index is 2.40. The smallest absolute Gasteiger partial charge is 0.330 e. The van der Waals surface area contributed by atoms with Crippen molar-refractivity contribution in [1.82, 2.24) is 0 Å². The normalized spacial score (nSPS) is 11.2. The number of carboxylic acids is 1. The Morgan fingerprint density at radius 3 is 2.29 bits per heavy atom. The van der Waals surface area contributed by atoms with Gasteiger partial charge in [0.1, 0.15) is 5.82 Å². The first-order valence-corrected chi connectivity index (χ1v) is 6.91. The monoisotopic (exact) mass is 330 g/mol. The lowest BCUT2D eigenvalue weighted by molar-refractivity contribution is -0.138. The van der Waals surface area contributed by atoms with Gasteiger partial charge in [-0.1, -0.05) is 0 Å². The van der Waals surface area contributed by atoms with Gasteiger partial charge in [-0.25, -0.2) is 9.18 Å². The summed E-state index contributed by atoms with van der Waals surface area (Å²) in [6.07, 6.45) is 0. The zero-order chi connectivity index (χ0) is 17.7. The highest BCUT2D eigenvalue weighted by Crippen LogP contribution is 2.33. The summed E-state index contributed by atoms with van der Waals surface area (Å²) in [5, 5.41) is 21.0. The molecule has 0 spiro atoms. The van der Waals surface area contributed by atoms with Crippen LogP contribution in [-0.2, 0) is 4.79 Å². The molecule has 1 atom stereocenters. The number of nitriles is 1. The summed E-state index contributed by atoms with van der Waals surface area (Å²) >= 11 is 0. The summed E-state index contributed by atoms with van der Waals surface area (Å²) in [4.78, 5) is 11.6. The molecule has 2 aromatic rings. The van der Waals surface area contributed by atoms with E-state index in [2.05, 4.69) is 5.32 Å². The molecule has 6 nitrogen and oxygen atoms in total. The van der Waals surface area contributed by atoms with Crippen LogP contribution in [0.4, 0.5) is 10.1 Å². The third-order valence-electron chi connectivity index (χ3n) is 3.39. The molecule has 0 aromatic heterocycles. The number of anilines is 1. The highest BCUT2D eigenvalue weighted by Gasteiger charge is 2.25. The van der Waals surface area contributed by atoms with Crippen LogP contribution in [0.3, 0.4) is 0 Å². The summed E-state index contributed by atoms with van der Waals surface area (Å²) in [5.41, 5.74) is 0.782. The highest BCUT2D eigenvalue weighted by molar-refractivity contribution is 5.79. The average molecular weight is 330 g/mol. The molecule has 7 heteroatoms. The molecule has 0 aliphatic carbocycles. The van der Waals surface area contributed by atoms with Gasteiger partial charge in [0.15, 0.2) is 17.5 Å². The van der Waals surface area contributed by atoms with E-state index in [0.717, 1.165) is 6.07 Å². The Kier molecular flexibility index (Phi) is 5.22. The average Bonchev–Trinajstić information content (AvgIpc) is 2.60. The molecular weight excluding hydrogens is 315 g/mol. The fourth-order valence-electron chi connectivity index (χ4n) is 2.17. The van der Waals surface area contributed by atoms with Gasteiger partial charge in [-0.05, 0) is 30.3 Å². The number of methoxy groups -OCH3 is 2. The standard InChI is InChI=1S/C17H15FN2O4/c1-23-14-7-12(13(18)8-15(14)24-2)16(17(21)22)20-11-5-3-10(9-19)4-6-11/h3-8,16,20H,1-2H3,(H,21,22). The van der Waals surface area contributed by atoms with E-state index < -0.39 is 17.8 Å². The summed E-state index contributed by atoms with van der Waals surface area (Å²) in [7, 11) is 2.74. The quantitative estimate of drug-likeness (QED) is 0.846. The second kappa shape index (κ2) is 7.33. The van der Waals surface area contributed by atoms with Crippen LogP contribution >= 0.6 is 0 Å². The molecular formula is C17H15FN2O4. The van der Waals surface area contributed by atoms with Gasteiger partial charge in [-0.2, -0.15) is 5.26 Å². The lowest BCUT2D eigenvalue weighted by Crippen LogP contribution is -2.22. The van der Waals surface area contributed by atoms with E-state index in [1.54, 1.807) is 12.1 Å². The number of aliphatic carboxylic acids is 1. The number of carbonyl (C=O) groups is 1. The third kappa shape index (κ3) is 3.55. The maximum Gasteiger partial charge on any atom is 0.330 e. The molecule has 0 saturated carbocycles. The van der Waals surface area contributed by atoms with Crippen molar-refractivity contribution in [3.63, 3.8) is 0 Å². The lowest BCUT2D eigenvalue weighted by atomic mass is 10.0. The molecule has 1 unspecified atom stereocenters. The number of nitrogens with zero attached hydrogens (tertiary/aromatic N) is 1. The van der Waals surface area contributed by atoms with Gasteiger partial charge in [0.2, 0.25) is 0 Å². The minimum atomic E-state index is -1.34. The summed E-state index contributed by atoms with van der Waals surface area (Å²) in [5.74, 6) is -1.60. The number of hydrogen-bond donors (Lipinski definition) is 2. The number of benzene rings is 2. The first-order chi connectivity index (χ1) is 11.5. The fourth-order valence-corrected chi connectivity index (χ4v) is 2.17. The number of carboxylic acid groups (broad SMARTS) is 1. The molecule has 0 heterocycles. The highest BCUT2D eigenvalue weighted by atomic mass is 19.1. The molecule has 0 aliphatic heterocycles. The molecule has 0 aliphatic rings. The Morgan fingerprint density at radius 2 is 1.79 bits per heavy atom. The van der Waals surface area contributed by atoms with E-state index in [0.29, 0.717) is 11.3 Å². The van der Waals surface area contributed by atoms with Gasteiger partial charge in [0.25, 0.3) is 0 Å². The molecule has 0 bridgehead atoms. The second-order valence-corrected chi connectivity index (χ2v) is 4.83. The van der Waals surface area contributed by atoms with Crippen molar-refractivity contribution in [3.8, 4) is 17.6 Å². The zero-order valence-electron chi connectivity index (χ0n) is 13.0. The van der Waals surface area contributed by atoms with E-state index in [-0.39, 0.29) is 17.1 Å². The van der Waals surface area contributed by atoms with Gasteiger partial charge in [-0.15, -0.1) is 0 Å². The molecule has 0 amide bonds. The third-order valence-corrected chi connectivity index (χ3v) is 3.39. The number of halogens is 1.